The number of benzene rings is 1. The van der Waals surface area contributed by atoms with E-state index in [0.717, 1.165) is 35.9 Å². The van der Waals surface area contributed by atoms with Crippen LogP contribution in [0.25, 0.3) is 22.3 Å². The van der Waals surface area contributed by atoms with Gasteiger partial charge in [-0.2, -0.15) is 5.10 Å². The number of aryl methyl sites for hydroxylation is 1. The van der Waals surface area contributed by atoms with Gasteiger partial charge in [-0.05, 0) is 58.6 Å². The summed E-state index contributed by atoms with van der Waals surface area (Å²) in [4.78, 5) is 23.6. The number of hydrogen-bond acceptors (Lipinski definition) is 6. The standard InChI is InChI=1S/C23H29N5O3/c1-15-9-18-19(10-21(15)29)26-20(12-24-18)16-11-25-27(13-16)14-17-7-5-6-8-28(17)22(30)31-23(2,3)4/h9-13,17,29H,5-8,14H2,1-4H3. The number of nitrogens with zero attached hydrogens (tertiary/aromatic N) is 5. The summed E-state index contributed by atoms with van der Waals surface area (Å²) in [6.07, 6.45) is 8.11. The van der Waals surface area contributed by atoms with Crippen LogP contribution in [0.4, 0.5) is 4.79 Å². The molecule has 1 aliphatic heterocycles. The number of ether oxygens (including phenoxy) is 1. The van der Waals surface area contributed by atoms with Crippen LogP contribution in [-0.4, -0.2) is 54.0 Å². The lowest BCUT2D eigenvalue weighted by Gasteiger charge is -2.36. The predicted octanol–water partition coefficient (Wildman–Crippen LogP) is 4.30. The molecule has 8 heteroatoms. The van der Waals surface area contributed by atoms with Crippen molar-refractivity contribution in [3.8, 4) is 17.0 Å². The minimum absolute atomic E-state index is 0.0407. The number of aromatic nitrogens is 4. The molecule has 1 unspecified atom stereocenters. The summed E-state index contributed by atoms with van der Waals surface area (Å²) in [7, 11) is 0. The number of phenolic OH excluding ortho intramolecular Hbond substituents is 1. The molecule has 0 aliphatic carbocycles. The first-order valence-electron chi connectivity index (χ1n) is 10.7. The third-order valence-corrected chi connectivity index (χ3v) is 5.44. The lowest BCUT2D eigenvalue weighted by molar-refractivity contribution is 0.00740. The van der Waals surface area contributed by atoms with Gasteiger partial charge in [0.25, 0.3) is 0 Å². The highest BCUT2D eigenvalue weighted by Gasteiger charge is 2.30. The molecule has 1 amide bonds. The van der Waals surface area contributed by atoms with E-state index in [4.69, 9.17) is 4.74 Å². The van der Waals surface area contributed by atoms with Crippen molar-refractivity contribution in [2.24, 2.45) is 0 Å². The second-order valence-corrected chi connectivity index (χ2v) is 9.16. The summed E-state index contributed by atoms with van der Waals surface area (Å²) in [5.41, 5.74) is 3.16. The Hall–Kier alpha value is -3.16. The number of rotatable bonds is 3. The molecule has 8 nitrogen and oxygen atoms in total. The maximum atomic E-state index is 12.7. The molecule has 0 bridgehead atoms. The van der Waals surface area contributed by atoms with Crippen LogP contribution < -0.4 is 0 Å². The molecule has 0 spiro atoms. The van der Waals surface area contributed by atoms with E-state index in [0.29, 0.717) is 24.3 Å². The van der Waals surface area contributed by atoms with Crippen molar-refractivity contribution in [2.45, 2.75) is 65.1 Å². The van der Waals surface area contributed by atoms with Crippen molar-refractivity contribution >= 4 is 17.1 Å². The van der Waals surface area contributed by atoms with E-state index in [9.17, 15) is 9.90 Å². The van der Waals surface area contributed by atoms with Crippen LogP contribution >= 0.6 is 0 Å². The lowest BCUT2D eigenvalue weighted by atomic mass is 10.0. The Bertz CT molecular complexity index is 1100. The van der Waals surface area contributed by atoms with Gasteiger partial charge < -0.3 is 14.7 Å². The summed E-state index contributed by atoms with van der Waals surface area (Å²) in [6.45, 7) is 8.78. The fourth-order valence-corrected chi connectivity index (χ4v) is 3.85. The third kappa shape index (κ3) is 4.78. The fraction of sp³-hybridized carbons (Fsp3) is 0.478. The zero-order valence-electron chi connectivity index (χ0n) is 18.5. The number of carbonyl (C=O) groups is 1. The Kier molecular flexibility index (Phi) is 5.56. The van der Waals surface area contributed by atoms with E-state index in [2.05, 4.69) is 15.1 Å². The molecule has 2 aromatic heterocycles. The Labute approximate surface area is 181 Å². The smallest absolute Gasteiger partial charge is 0.410 e. The highest BCUT2D eigenvalue weighted by atomic mass is 16.6. The summed E-state index contributed by atoms with van der Waals surface area (Å²) in [6, 6.07) is 3.49. The molecule has 1 N–H and O–H groups in total. The molecule has 1 saturated heterocycles. The SMILES string of the molecule is Cc1cc2ncc(-c3cnn(CC4CCCCN4C(=O)OC(C)(C)C)c3)nc2cc1O. The number of carbonyl (C=O) groups excluding carboxylic acids is 1. The van der Waals surface area contributed by atoms with E-state index in [1.54, 1.807) is 18.5 Å². The molecular weight excluding hydrogens is 394 g/mol. The molecule has 1 aliphatic rings. The molecule has 4 rings (SSSR count). The van der Waals surface area contributed by atoms with Gasteiger partial charge in [0.05, 0.1) is 41.7 Å². The Balaban J connectivity index is 1.52. The van der Waals surface area contributed by atoms with Crippen molar-refractivity contribution in [1.82, 2.24) is 24.6 Å². The molecule has 1 fully saturated rings. The van der Waals surface area contributed by atoms with Gasteiger partial charge in [-0.25, -0.2) is 9.78 Å². The maximum absolute atomic E-state index is 12.7. The van der Waals surface area contributed by atoms with Gasteiger partial charge in [0, 0.05) is 24.4 Å². The summed E-state index contributed by atoms with van der Waals surface area (Å²) >= 11 is 0. The Morgan fingerprint density at radius 2 is 2.03 bits per heavy atom. The topological polar surface area (TPSA) is 93.4 Å². The summed E-state index contributed by atoms with van der Waals surface area (Å²) in [5, 5.41) is 14.5. The number of amides is 1. The molecule has 0 saturated carbocycles. The second-order valence-electron chi connectivity index (χ2n) is 9.16. The minimum Gasteiger partial charge on any atom is -0.508 e. The molecule has 1 aromatic carbocycles. The van der Waals surface area contributed by atoms with Crippen LogP contribution in [0.3, 0.4) is 0 Å². The van der Waals surface area contributed by atoms with Gasteiger partial charge in [-0.15, -0.1) is 0 Å². The van der Waals surface area contributed by atoms with Gasteiger partial charge >= 0.3 is 6.09 Å². The summed E-state index contributed by atoms with van der Waals surface area (Å²) in [5.74, 6) is 0.203. The highest BCUT2D eigenvalue weighted by Crippen LogP contribution is 2.25. The van der Waals surface area contributed by atoms with Gasteiger partial charge in [-0.3, -0.25) is 9.67 Å². The first-order chi connectivity index (χ1) is 14.7. The van der Waals surface area contributed by atoms with E-state index >= 15 is 0 Å². The Morgan fingerprint density at radius 1 is 1.23 bits per heavy atom. The lowest BCUT2D eigenvalue weighted by Crippen LogP contribution is -2.47. The number of fused-ring (bicyclic) bond motifs is 1. The number of phenols is 1. The zero-order chi connectivity index (χ0) is 22.2. The predicted molar refractivity (Wildman–Crippen MR) is 118 cm³/mol. The first kappa shape index (κ1) is 21.1. The second kappa shape index (κ2) is 8.17. The molecule has 0 radical (unpaired) electrons. The molecule has 3 heterocycles. The van der Waals surface area contributed by atoms with Crippen LogP contribution in [0.15, 0.2) is 30.7 Å². The third-order valence-electron chi connectivity index (χ3n) is 5.44. The zero-order valence-corrected chi connectivity index (χ0v) is 18.5. The molecule has 164 valence electrons. The average molecular weight is 424 g/mol. The van der Waals surface area contributed by atoms with E-state index in [1.165, 1.54) is 0 Å². The van der Waals surface area contributed by atoms with Crippen LogP contribution in [0.5, 0.6) is 5.75 Å². The molecule has 31 heavy (non-hydrogen) atoms. The summed E-state index contributed by atoms with van der Waals surface area (Å²) < 4.78 is 7.45. The molecule has 1 atom stereocenters. The monoisotopic (exact) mass is 423 g/mol. The largest absolute Gasteiger partial charge is 0.508 e. The van der Waals surface area contributed by atoms with Crippen molar-refractivity contribution in [3.63, 3.8) is 0 Å². The minimum atomic E-state index is -0.514. The van der Waals surface area contributed by atoms with Crippen molar-refractivity contribution in [3.05, 3.63) is 36.3 Å². The van der Waals surface area contributed by atoms with Crippen LogP contribution in [-0.2, 0) is 11.3 Å². The quantitative estimate of drug-likeness (QED) is 0.675. The van der Waals surface area contributed by atoms with E-state index < -0.39 is 5.60 Å². The normalized spacial score (nSPS) is 17.2. The van der Waals surface area contributed by atoms with Crippen LogP contribution in [0, 0.1) is 6.92 Å². The van der Waals surface area contributed by atoms with Gasteiger partial charge in [0.2, 0.25) is 0 Å². The van der Waals surface area contributed by atoms with E-state index in [-0.39, 0.29) is 17.9 Å². The van der Waals surface area contributed by atoms with Gasteiger partial charge in [-0.1, -0.05) is 0 Å². The van der Waals surface area contributed by atoms with Crippen molar-refractivity contribution in [2.75, 3.05) is 6.54 Å². The maximum Gasteiger partial charge on any atom is 0.410 e. The van der Waals surface area contributed by atoms with Gasteiger partial charge in [0.15, 0.2) is 0 Å². The van der Waals surface area contributed by atoms with Gasteiger partial charge in [0.1, 0.15) is 11.4 Å². The van der Waals surface area contributed by atoms with E-state index in [1.807, 2.05) is 49.5 Å². The number of likely N-dealkylation sites (tertiary alicyclic amines) is 1. The molecular formula is C23H29N5O3. The van der Waals surface area contributed by atoms with Crippen LogP contribution in [0.1, 0.15) is 45.6 Å². The van der Waals surface area contributed by atoms with Crippen molar-refractivity contribution < 1.29 is 14.6 Å². The highest BCUT2D eigenvalue weighted by molar-refractivity contribution is 5.79. The fourth-order valence-electron chi connectivity index (χ4n) is 3.85. The van der Waals surface area contributed by atoms with Crippen LogP contribution in [0.2, 0.25) is 0 Å². The molecule has 3 aromatic rings. The number of aromatic hydroxyl groups is 1. The van der Waals surface area contributed by atoms with Crippen molar-refractivity contribution in [1.29, 1.82) is 0 Å². The number of hydrogen-bond donors (Lipinski definition) is 1. The Morgan fingerprint density at radius 3 is 2.81 bits per heavy atom. The average Bonchev–Trinajstić information content (AvgIpc) is 3.16. The first-order valence-corrected chi connectivity index (χ1v) is 10.7. The number of piperidine rings is 1.